The fourth-order valence-electron chi connectivity index (χ4n) is 2.34. The Bertz CT molecular complexity index is 586. The van der Waals surface area contributed by atoms with Crippen LogP contribution in [0, 0.1) is 6.92 Å². The maximum Gasteiger partial charge on any atom is 0.218 e. The Morgan fingerprint density at radius 1 is 1.27 bits per heavy atom. The Morgan fingerprint density at radius 3 is 2.68 bits per heavy atom. The van der Waals surface area contributed by atoms with Crippen molar-refractivity contribution in [2.75, 3.05) is 36.9 Å². The molecule has 0 amide bonds. The van der Waals surface area contributed by atoms with E-state index in [1.807, 2.05) is 13.0 Å². The van der Waals surface area contributed by atoms with E-state index in [-0.39, 0.29) is 18.9 Å². The van der Waals surface area contributed by atoms with Crippen LogP contribution in [0.4, 0.5) is 5.82 Å². The fraction of sp³-hybridized carbons (Fsp3) is 0.714. The zero-order valence-electron chi connectivity index (χ0n) is 13.2. The number of hydrogen-bond donors (Lipinski definition) is 1. The number of anilines is 1. The molecular weight excluding hydrogens is 304 g/mol. The van der Waals surface area contributed by atoms with Crippen LogP contribution in [0.5, 0.6) is 5.88 Å². The summed E-state index contributed by atoms with van der Waals surface area (Å²) in [6, 6.07) is 1.83. The second-order valence-corrected chi connectivity index (χ2v) is 7.40. The first-order valence-corrected chi connectivity index (χ1v) is 9.36. The van der Waals surface area contributed by atoms with E-state index in [0.717, 1.165) is 18.9 Å². The van der Waals surface area contributed by atoms with E-state index in [2.05, 4.69) is 19.6 Å². The Labute approximate surface area is 132 Å². The lowest BCUT2D eigenvalue weighted by molar-refractivity contribution is 0.309. The van der Waals surface area contributed by atoms with Crippen LogP contribution in [0.1, 0.15) is 32.0 Å². The minimum Gasteiger partial charge on any atom is -0.476 e. The third kappa shape index (κ3) is 5.10. The van der Waals surface area contributed by atoms with Crippen LogP contribution in [0.2, 0.25) is 0 Å². The number of aryl methyl sites for hydroxylation is 1. The SMILES string of the molecule is CCS(=O)(=O)NCCOc1cc(N2CCCCC2)nc(C)n1. The normalized spacial score (nSPS) is 15.8. The standard InChI is InChI=1S/C14H24N4O3S/c1-3-22(19,20)15-7-10-21-14-11-13(16-12(2)17-14)18-8-5-4-6-9-18/h11,15H,3-10H2,1-2H3. The molecule has 1 aromatic heterocycles. The summed E-state index contributed by atoms with van der Waals surface area (Å²) in [5.74, 6) is 2.10. The second kappa shape index (κ2) is 7.73. The monoisotopic (exact) mass is 328 g/mol. The highest BCUT2D eigenvalue weighted by Crippen LogP contribution is 2.21. The van der Waals surface area contributed by atoms with Crippen molar-refractivity contribution in [2.45, 2.75) is 33.1 Å². The van der Waals surface area contributed by atoms with Crippen LogP contribution in [0.3, 0.4) is 0 Å². The van der Waals surface area contributed by atoms with E-state index >= 15 is 0 Å². The summed E-state index contributed by atoms with van der Waals surface area (Å²) >= 11 is 0. The molecule has 1 N–H and O–H groups in total. The molecule has 0 saturated carbocycles. The molecule has 0 atom stereocenters. The van der Waals surface area contributed by atoms with Gasteiger partial charge in [0.1, 0.15) is 18.2 Å². The first-order valence-electron chi connectivity index (χ1n) is 7.71. The number of sulfonamides is 1. The summed E-state index contributed by atoms with van der Waals surface area (Å²) < 4.78 is 30.7. The van der Waals surface area contributed by atoms with Crippen molar-refractivity contribution in [3.05, 3.63) is 11.9 Å². The lowest BCUT2D eigenvalue weighted by atomic mass is 10.1. The third-order valence-corrected chi connectivity index (χ3v) is 4.94. The molecule has 1 aliphatic heterocycles. The van der Waals surface area contributed by atoms with Crippen LogP contribution >= 0.6 is 0 Å². The molecule has 124 valence electrons. The zero-order valence-corrected chi connectivity index (χ0v) is 14.0. The Hall–Kier alpha value is -1.41. The zero-order chi connectivity index (χ0) is 16.0. The van der Waals surface area contributed by atoms with Gasteiger partial charge < -0.3 is 9.64 Å². The molecular formula is C14H24N4O3S. The smallest absolute Gasteiger partial charge is 0.218 e. The minimum atomic E-state index is -3.18. The summed E-state index contributed by atoms with van der Waals surface area (Å²) in [6.45, 7) is 5.92. The molecule has 1 fully saturated rings. The molecule has 0 bridgehead atoms. The first-order chi connectivity index (χ1) is 10.5. The van der Waals surface area contributed by atoms with Crippen molar-refractivity contribution in [3.8, 4) is 5.88 Å². The largest absolute Gasteiger partial charge is 0.476 e. The average molecular weight is 328 g/mol. The average Bonchev–Trinajstić information content (AvgIpc) is 2.52. The molecule has 1 aliphatic rings. The number of nitrogens with one attached hydrogen (secondary N) is 1. The van der Waals surface area contributed by atoms with Crippen molar-refractivity contribution < 1.29 is 13.2 Å². The molecule has 7 nitrogen and oxygen atoms in total. The van der Waals surface area contributed by atoms with Gasteiger partial charge in [0.25, 0.3) is 0 Å². The quantitative estimate of drug-likeness (QED) is 0.754. The molecule has 0 aromatic carbocycles. The number of rotatable bonds is 7. The van der Waals surface area contributed by atoms with E-state index < -0.39 is 10.0 Å². The Morgan fingerprint density at radius 2 is 2.00 bits per heavy atom. The topological polar surface area (TPSA) is 84.4 Å². The van der Waals surface area contributed by atoms with Gasteiger partial charge in [-0.3, -0.25) is 0 Å². The predicted octanol–water partition coefficient (Wildman–Crippen LogP) is 1.09. The van der Waals surface area contributed by atoms with Gasteiger partial charge >= 0.3 is 0 Å². The molecule has 0 spiro atoms. The number of hydrogen-bond acceptors (Lipinski definition) is 6. The van der Waals surface area contributed by atoms with Gasteiger partial charge in [0, 0.05) is 25.7 Å². The van der Waals surface area contributed by atoms with Gasteiger partial charge in [-0.05, 0) is 33.1 Å². The Balaban J connectivity index is 1.92. The van der Waals surface area contributed by atoms with Crippen molar-refractivity contribution >= 4 is 15.8 Å². The van der Waals surface area contributed by atoms with Gasteiger partial charge in [-0.15, -0.1) is 0 Å². The van der Waals surface area contributed by atoms with Gasteiger partial charge in [-0.25, -0.2) is 18.1 Å². The highest BCUT2D eigenvalue weighted by Gasteiger charge is 2.14. The highest BCUT2D eigenvalue weighted by atomic mass is 32.2. The van der Waals surface area contributed by atoms with Crippen molar-refractivity contribution in [1.82, 2.24) is 14.7 Å². The minimum absolute atomic E-state index is 0.0682. The molecule has 1 saturated heterocycles. The summed E-state index contributed by atoms with van der Waals surface area (Å²) in [5.41, 5.74) is 0. The molecule has 22 heavy (non-hydrogen) atoms. The predicted molar refractivity (Wildman–Crippen MR) is 85.8 cm³/mol. The highest BCUT2D eigenvalue weighted by molar-refractivity contribution is 7.89. The van der Waals surface area contributed by atoms with Crippen LogP contribution in [0.15, 0.2) is 6.07 Å². The van der Waals surface area contributed by atoms with Crippen LogP contribution < -0.4 is 14.4 Å². The van der Waals surface area contributed by atoms with E-state index in [4.69, 9.17) is 4.74 Å². The van der Waals surface area contributed by atoms with E-state index in [0.29, 0.717) is 11.7 Å². The number of aromatic nitrogens is 2. The maximum atomic E-state index is 11.3. The number of nitrogens with zero attached hydrogens (tertiary/aromatic N) is 3. The van der Waals surface area contributed by atoms with Crippen LogP contribution in [-0.2, 0) is 10.0 Å². The van der Waals surface area contributed by atoms with Crippen LogP contribution in [-0.4, -0.2) is 50.4 Å². The molecule has 2 heterocycles. The Kier molecular flexibility index (Phi) is 5.96. The fourth-order valence-corrected chi connectivity index (χ4v) is 2.94. The van der Waals surface area contributed by atoms with Gasteiger partial charge in [-0.1, -0.05) is 0 Å². The molecule has 8 heteroatoms. The van der Waals surface area contributed by atoms with Gasteiger partial charge in [0.05, 0.1) is 5.75 Å². The molecule has 0 aliphatic carbocycles. The van der Waals surface area contributed by atoms with Gasteiger partial charge in [-0.2, -0.15) is 4.98 Å². The molecule has 0 unspecified atom stereocenters. The lowest BCUT2D eigenvalue weighted by Gasteiger charge is -2.28. The van der Waals surface area contributed by atoms with Crippen molar-refractivity contribution in [3.63, 3.8) is 0 Å². The molecule has 0 radical (unpaired) electrons. The number of piperidine rings is 1. The third-order valence-electron chi connectivity index (χ3n) is 3.54. The summed E-state index contributed by atoms with van der Waals surface area (Å²) in [4.78, 5) is 10.9. The maximum absolute atomic E-state index is 11.3. The summed E-state index contributed by atoms with van der Waals surface area (Å²) in [6.07, 6.45) is 3.62. The van der Waals surface area contributed by atoms with Gasteiger partial charge in [0.15, 0.2) is 0 Å². The van der Waals surface area contributed by atoms with E-state index in [9.17, 15) is 8.42 Å². The van der Waals surface area contributed by atoms with Crippen molar-refractivity contribution in [2.24, 2.45) is 0 Å². The van der Waals surface area contributed by atoms with Gasteiger partial charge in [0.2, 0.25) is 15.9 Å². The van der Waals surface area contributed by atoms with Crippen molar-refractivity contribution in [1.29, 1.82) is 0 Å². The molecule has 1 aromatic rings. The number of ether oxygens (including phenoxy) is 1. The van der Waals surface area contributed by atoms with E-state index in [1.165, 1.54) is 19.3 Å². The van der Waals surface area contributed by atoms with Crippen LogP contribution in [0.25, 0.3) is 0 Å². The first kappa shape index (κ1) is 17.0. The molecule has 2 rings (SSSR count). The summed E-state index contributed by atoms with van der Waals surface area (Å²) in [5, 5.41) is 0. The second-order valence-electron chi connectivity index (χ2n) is 5.31. The summed E-state index contributed by atoms with van der Waals surface area (Å²) in [7, 11) is -3.18. The van der Waals surface area contributed by atoms with E-state index in [1.54, 1.807) is 6.92 Å². The lowest BCUT2D eigenvalue weighted by Crippen LogP contribution is -2.31.